The van der Waals surface area contributed by atoms with Crippen LogP contribution in [0.3, 0.4) is 0 Å². The third kappa shape index (κ3) is 3.85. The number of benzene rings is 2. The Hall–Kier alpha value is -2.89. The molecular weight excluding hydrogens is 334 g/mol. The van der Waals surface area contributed by atoms with E-state index >= 15 is 0 Å². The summed E-state index contributed by atoms with van der Waals surface area (Å²) in [6, 6.07) is 11.7. The maximum atomic E-state index is 12.1. The first-order valence-corrected chi connectivity index (χ1v) is 8.82. The summed E-state index contributed by atoms with van der Waals surface area (Å²) in [6.45, 7) is 2.02. The highest BCUT2D eigenvalue weighted by Crippen LogP contribution is 2.32. The number of rotatable bonds is 6. The Morgan fingerprint density at radius 1 is 0.808 bits per heavy atom. The Kier molecular flexibility index (Phi) is 4.82. The summed E-state index contributed by atoms with van der Waals surface area (Å²) >= 11 is 0. The Balaban J connectivity index is 1.22. The van der Waals surface area contributed by atoms with Crippen molar-refractivity contribution in [2.75, 3.05) is 26.6 Å². The minimum Gasteiger partial charge on any atom is -0.486 e. The van der Waals surface area contributed by atoms with Crippen LogP contribution in [0.25, 0.3) is 0 Å². The molecule has 0 spiro atoms. The number of ether oxygens (including phenoxy) is 4. The van der Waals surface area contributed by atoms with Crippen LogP contribution in [0.1, 0.15) is 17.5 Å². The van der Waals surface area contributed by atoms with Crippen LogP contribution in [-0.4, -0.2) is 32.5 Å². The third-order valence-corrected chi connectivity index (χ3v) is 4.42. The van der Waals surface area contributed by atoms with E-state index in [1.165, 1.54) is 0 Å². The molecule has 1 amide bonds. The molecule has 1 N–H and O–H groups in total. The van der Waals surface area contributed by atoms with Gasteiger partial charge < -0.3 is 24.3 Å². The highest BCUT2D eigenvalue weighted by molar-refractivity contribution is 5.76. The summed E-state index contributed by atoms with van der Waals surface area (Å²) in [7, 11) is 0. The van der Waals surface area contributed by atoms with Gasteiger partial charge in [-0.2, -0.15) is 0 Å². The average Bonchev–Trinajstić information content (AvgIpc) is 3.14. The second-order valence-electron chi connectivity index (χ2n) is 6.27. The molecule has 6 heteroatoms. The minimum atomic E-state index is 0.0423. The maximum Gasteiger partial charge on any atom is 0.231 e. The van der Waals surface area contributed by atoms with E-state index in [4.69, 9.17) is 18.9 Å². The predicted octanol–water partition coefficient (Wildman–Crippen LogP) is 2.48. The molecule has 2 aliphatic heterocycles. The van der Waals surface area contributed by atoms with Crippen LogP contribution >= 0.6 is 0 Å². The summed E-state index contributed by atoms with van der Waals surface area (Å²) in [5, 5.41) is 2.96. The predicted molar refractivity (Wildman–Crippen MR) is 95.0 cm³/mol. The molecule has 0 unspecified atom stereocenters. The van der Waals surface area contributed by atoms with Gasteiger partial charge in [0.2, 0.25) is 12.7 Å². The summed E-state index contributed by atoms with van der Waals surface area (Å²) in [4.78, 5) is 12.1. The second-order valence-corrected chi connectivity index (χ2v) is 6.27. The molecule has 0 fully saturated rings. The molecule has 2 heterocycles. The van der Waals surface area contributed by atoms with Crippen LogP contribution in [0.5, 0.6) is 23.0 Å². The molecular formula is C20H21NO5. The largest absolute Gasteiger partial charge is 0.486 e. The number of amides is 1. The van der Waals surface area contributed by atoms with Crippen molar-refractivity contribution in [1.29, 1.82) is 0 Å². The molecule has 4 rings (SSSR count). The van der Waals surface area contributed by atoms with E-state index in [-0.39, 0.29) is 12.7 Å². The molecule has 2 aromatic rings. The van der Waals surface area contributed by atoms with Crippen LogP contribution in [0, 0.1) is 0 Å². The van der Waals surface area contributed by atoms with E-state index in [1.54, 1.807) is 0 Å². The first-order chi connectivity index (χ1) is 12.8. The monoisotopic (exact) mass is 355 g/mol. The van der Waals surface area contributed by atoms with Gasteiger partial charge in [-0.1, -0.05) is 12.1 Å². The number of carbonyl (C=O) groups excluding carboxylic acids is 1. The molecule has 0 saturated carbocycles. The topological polar surface area (TPSA) is 66.0 Å². The Morgan fingerprint density at radius 2 is 1.42 bits per heavy atom. The van der Waals surface area contributed by atoms with Crippen LogP contribution in [-0.2, 0) is 17.6 Å². The number of aryl methyl sites for hydroxylation is 1. The smallest absolute Gasteiger partial charge is 0.231 e. The van der Waals surface area contributed by atoms with Crippen molar-refractivity contribution in [1.82, 2.24) is 5.32 Å². The van der Waals surface area contributed by atoms with Crippen molar-refractivity contribution >= 4 is 5.91 Å². The van der Waals surface area contributed by atoms with Crippen molar-refractivity contribution < 1.29 is 23.7 Å². The fourth-order valence-corrected chi connectivity index (χ4v) is 3.03. The van der Waals surface area contributed by atoms with Gasteiger partial charge in [0, 0.05) is 13.0 Å². The van der Waals surface area contributed by atoms with Gasteiger partial charge in [0.15, 0.2) is 23.0 Å². The Morgan fingerprint density at radius 3 is 2.23 bits per heavy atom. The average molecular weight is 355 g/mol. The zero-order chi connectivity index (χ0) is 17.8. The highest BCUT2D eigenvalue weighted by atomic mass is 16.7. The van der Waals surface area contributed by atoms with Crippen LogP contribution in [0.2, 0.25) is 0 Å². The molecule has 0 atom stereocenters. The van der Waals surface area contributed by atoms with E-state index in [0.717, 1.165) is 40.5 Å². The zero-order valence-electron chi connectivity index (χ0n) is 14.5. The summed E-state index contributed by atoms with van der Waals surface area (Å²) < 4.78 is 21.7. The normalized spacial score (nSPS) is 14.2. The van der Waals surface area contributed by atoms with E-state index < -0.39 is 0 Å². The number of fused-ring (bicyclic) bond motifs is 2. The highest BCUT2D eigenvalue weighted by Gasteiger charge is 2.14. The Bertz CT molecular complexity index is 805. The van der Waals surface area contributed by atoms with Crippen molar-refractivity contribution in [2.24, 2.45) is 0 Å². The molecule has 0 bridgehead atoms. The molecule has 2 aliphatic rings. The minimum absolute atomic E-state index is 0.0423. The van der Waals surface area contributed by atoms with Gasteiger partial charge in [0.1, 0.15) is 13.2 Å². The Labute approximate surface area is 152 Å². The summed E-state index contributed by atoms with van der Waals surface area (Å²) in [5.74, 6) is 3.12. The van der Waals surface area contributed by atoms with Gasteiger partial charge >= 0.3 is 0 Å². The number of carbonyl (C=O) groups is 1. The summed E-state index contributed by atoms with van der Waals surface area (Å²) in [6.07, 6.45) is 1.87. The molecule has 0 saturated heterocycles. The fraction of sp³-hybridized carbons (Fsp3) is 0.350. The lowest BCUT2D eigenvalue weighted by atomic mass is 10.1. The second kappa shape index (κ2) is 7.56. The third-order valence-electron chi connectivity index (χ3n) is 4.42. The summed E-state index contributed by atoms with van der Waals surface area (Å²) in [5.41, 5.74) is 2.18. The van der Waals surface area contributed by atoms with Crippen molar-refractivity contribution in [2.45, 2.75) is 19.3 Å². The molecule has 136 valence electrons. The standard InChI is InChI=1S/C20H21NO5/c22-20(6-3-14-1-4-16-18(11-14)24-10-9-23-16)21-8-7-15-2-5-17-19(12-15)26-13-25-17/h1-2,4-5,11-12H,3,6-10,13H2,(H,21,22). The van der Waals surface area contributed by atoms with Gasteiger partial charge in [-0.25, -0.2) is 0 Å². The van der Waals surface area contributed by atoms with Crippen molar-refractivity contribution in [3.63, 3.8) is 0 Å². The van der Waals surface area contributed by atoms with Crippen LogP contribution in [0.4, 0.5) is 0 Å². The molecule has 0 radical (unpaired) electrons. The van der Waals surface area contributed by atoms with Gasteiger partial charge in [-0.05, 0) is 48.2 Å². The number of hydrogen-bond donors (Lipinski definition) is 1. The lowest BCUT2D eigenvalue weighted by Gasteiger charge is -2.18. The molecule has 0 aliphatic carbocycles. The zero-order valence-corrected chi connectivity index (χ0v) is 14.5. The van der Waals surface area contributed by atoms with Gasteiger partial charge in [0.05, 0.1) is 0 Å². The van der Waals surface area contributed by atoms with Crippen molar-refractivity contribution in [3.8, 4) is 23.0 Å². The maximum absolute atomic E-state index is 12.1. The lowest BCUT2D eigenvalue weighted by molar-refractivity contribution is -0.121. The first-order valence-electron chi connectivity index (χ1n) is 8.82. The van der Waals surface area contributed by atoms with Crippen molar-refractivity contribution in [3.05, 3.63) is 47.5 Å². The molecule has 26 heavy (non-hydrogen) atoms. The number of hydrogen-bond acceptors (Lipinski definition) is 5. The van der Waals surface area contributed by atoms with E-state index in [0.29, 0.717) is 32.6 Å². The van der Waals surface area contributed by atoms with Gasteiger partial charge in [0.25, 0.3) is 0 Å². The van der Waals surface area contributed by atoms with Crippen LogP contribution in [0.15, 0.2) is 36.4 Å². The molecule has 6 nitrogen and oxygen atoms in total. The quantitative estimate of drug-likeness (QED) is 0.862. The molecule has 2 aromatic carbocycles. The van der Waals surface area contributed by atoms with E-state index in [9.17, 15) is 4.79 Å². The van der Waals surface area contributed by atoms with E-state index in [2.05, 4.69) is 5.32 Å². The van der Waals surface area contributed by atoms with Crippen LogP contribution < -0.4 is 24.3 Å². The van der Waals surface area contributed by atoms with Gasteiger partial charge in [-0.3, -0.25) is 4.79 Å². The molecule has 0 aromatic heterocycles. The van der Waals surface area contributed by atoms with E-state index in [1.807, 2.05) is 36.4 Å². The fourth-order valence-electron chi connectivity index (χ4n) is 3.03. The first kappa shape index (κ1) is 16.6. The van der Waals surface area contributed by atoms with Gasteiger partial charge in [-0.15, -0.1) is 0 Å². The number of nitrogens with one attached hydrogen (secondary N) is 1. The SMILES string of the molecule is O=C(CCc1ccc2c(c1)OCCO2)NCCc1ccc2c(c1)OCO2. The lowest BCUT2D eigenvalue weighted by Crippen LogP contribution is -2.25.